The molecule has 1 fully saturated rings. The highest BCUT2D eigenvalue weighted by molar-refractivity contribution is 6.30. The van der Waals surface area contributed by atoms with E-state index in [2.05, 4.69) is 15.2 Å². The molecule has 0 aliphatic carbocycles. The van der Waals surface area contributed by atoms with Gasteiger partial charge in [-0.2, -0.15) is 0 Å². The molecular formula is C24H25ClFN3O2. The summed E-state index contributed by atoms with van der Waals surface area (Å²) in [7, 11) is 0. The number of nitrogens with zero attached hydrogens (tertiary/aromatic N) is 2. The van der Waals surface area contributed by atoms with Gasteiger partial charge in [-0.15, -0.1) is 0 Å². The van der Waals surface area contributed by atoms with Crippen LogP contribution in [-0.2, 0) is 17.9 Å². The molecule has 1 unspecified atom stereocenters. The first-order chi connectivity index (χ1) is 15.0. The molecule has 1 aliphatic heterocycles. The Kier molecular flexibility index (Phi) is 6.68. The lowest BCUT2D eigenvalue weighted by Crippen LogP contribution is -2.42. The van der Waals surface area contributed by atoms with Crippen molar-refractivity contribution in [1.82, 2.24) is 15.2 Å². The molecule has 5 nitrogen and oxygen atoms in total. The molecule has 4 rings (SSSR count). The second-order valence-electron chi connectivity index (χ2n) is 7.92. The molecule has 0 bridgehead atoms. The van der Waals surface area contributed by atoms with Gasteiger partial charge in [0.15, 0.2) is 0 Å². The highest BCUT2D eigenvalue weighted by Gasteiger charge is 2.27. The summed E-state index contributed by atoms with van der Waals surface area (Å²) in [6.45, 7) is 4.45. The summed E-state index contributed by atoms with van der Waals surface area (Å²) >= 11 is 5.91. The van der Waals surface area contributed by atoms with Gasteiger partial charge >= 0.3 is 0 Å². The molecule has 162 valence electrons. The quantitative estimate of drug-likeness (QED) is 0.586. The largest absolute Gasteiger partial charge is 0.441 e. The van der Waals surface area contributed by atoms with Gasteiger partial charge in [0.25, 0.3) is 0 Å². The minimum atomic E-state index is -0.356. The van der Waals surface area contributed by atoms with E-state index in [1.54, 1.807) is 18.2 Å². The van der Waals surface area contributed by atoms with Gasteiger partial charge in [-0.05, 0) is 56.1 Å². The predicted octanol–water partition coefficient (Wildman–Crippen LogP) is 4.97. The van der Waals surface area contributed by atoms with Gasteiger partial charge in [-0.3, -0.25) is 9.69 Å². The topological polar surface area (TPSA) is 58.4 Å². The van der Waals surface area contributed by atoms with Crippen molar-refractivity contribution in [3.8, 4) is 11.5 Å². The van der Waals surface area contributed by atoms with Gasteiger partial charge in [0, 0.05) is 24.7 Å². The highest BCUT2D eigenvalue weighted by Crippen LogP contribution is 2.26. The Bertz CT molecular complexity index is 1050. The number of oxazole rings is 1. The summed E-state index contributed by atoms with van der Waals surface area (Å²) < 4.78 is 19.8. The van der Waals surface area contributed by atoms with E-state index in [-0.39, 0.29) is 17.6 Å². The number of halogens is 2. The zero-order valence-electron chi connectivity index (χ0n) is 17.4. The number of aryl methyl sites for hydroxylation is 1. The summed E-state index contributed by atoms with van der Waals surface area (Å²) in [6.07, 6.45) is 1.80. The standard InChI is InChI=1S/C24H25ClFN3O2/c1-16-22(28-24(31-16)20-6-2-3-7-21(20)26)15-29-12-4-5-18(14-29)23(30)27-13-17-8-10-19(25)11-9-17/h2-3,6-11,18H,4-5,12-15H2,1H3,(H,27,30). The molecule has 1 aliphatic rings. The molecule has 0 saturated carbocycles. The molecule has 2 aromatic carbocycles. The molecule has 1 atom stereocenters. The van der Waals surface area contributed by atoms with Gasteiger partial charge in [0.1, 0.15) is 11.6 Å². The fourth-order valence-corrected chi connectivity index (χ4v) is 4.01. The number of hydrogen-bond acceptors (Lipinski definition) is 4. The maximum Gasteiger partial charge on any atom is 0.229 e. The molecule has 7 heteroatoms. The van der Waals surface area contributed by atoms with Crippen LogP contribution >= 0.6 is 11.6 Å². The minimum absolute atomic E-state index is 0.0589. The van der Waals surface area contributed by atoms with Crippen molar-refractivity contribution in [3.05, 3.63) is 76.4 Å². The number of amides is 1. The molecule has 0 radical (unpaired) electrons. The third-order valence-corrected chi connectivity index (χ3v) is 5.88. The van der Waals surface area contributed by atoms with Crippen LogP contribution in [0, 0.1) is 18.7 Å². The van der Waals surface area contributed by atoms with Crippen molar-refractivity contribution in [3.63, 3.8) is 0 Å². The van der Waals surface area contributed by atoms with Gasteiger partial charge in [-0.25, -0.2) is 9.37 Å². The first kappa shape index (κ1) is 21.5. The maximum atomic E-state index is 14.1. The zero-order valence-corrected chi connectivity index (χ0v) is 18.2. The van der Waals surface area contributed by atoms with Crippen LogP contribution in [0.25, 0.3) is 11.5 Å². The maximum absolute atomic E-state index is 14.1. The molecule has 31 heavy (non-hydrogen) atoms. The summed E-state index contributed by atoms with van der Waals surface area (Å²) in [5.41, 5.74) is 2.15. The van der Waals surface area contributed by atoms with Gasteiger partial charge in [0.2, 0.25) is 11.8 Å². The third kappa shape index (κ3) is 5.32. The second kappa shape index (κ2) is 9.62. The van der Waals surface area contributed by atoms with Crippen molar-refractivity contribution in [2.45, 2.75) is 32.9 Å². The average Bonchev–Trinajstić information content (AvgIpc) is 3.13. The van der Waals surface area contributed by atoms with E-state index in [0.29, 0.717) is 41.9 Å². The van der Waals surface area contributed by atoms with Gasteiger partial charge < -0.3 is 9.73 Å². The van der Waals surface area contributed by atoms with Crippen LogP contribution in [0.4, 0.5) is 4.39 Å². The van der Waals surface area contributed by atoms with Crippen molar-refractivity contribution in [2.75, 3.05) is 13.1 Å². The van der Waals surface area contributed by atoms with E-state index >= 15 is 0 Å². The molecule has 1 aromatic heterocycles. The molecular weight excluding hydrogens is 417 g/mol. The smallest absolute Gasteiger partial charge is 0.229 e. The van der Waals surface area contributed by atoms with E-state index in [0.717, 1.165) is 30.6 Å². The highest BCUT2D eigenvalue weighted by atomic mass is 35.5. The predicted molar refractivity (Wildman–Crippen MR) is 118 cm³/mol. The minimum Gasteiger partial charge on any atom is -0.441 e. The third-order valence-electron chi connectivity index (χ3n) is 5.63. The fourth-order valence-electron chi connectivity index (χ4n) is 3.89. The van der Waals surface area contributed by atoms with Crippen molar-refractivity contribution in [1.29, 1.82) is 0 Å². The summed E-state index contributed by atoms with van der Waals surface area (Å²) in [5.74, 6) is 0.598. The number of nitrogens with one attached hydrogen (secondary N) is 1. The van der Waals surface area contributed by atoms with Crippen LogP contribution in [0.5, 0.6) is 0 Å². The van der Waals surface area contributed by atoms with E-state index in [4.69, 9.17) is 16.0 Å². The lowest BCUT2D eigenvalue weighted by atomic mass is 9.97. The molecule has 3 aromatic rings. The van der Waals surface area contributed by atoms with E-state index in [1.807, 2.05) is 31.2 Å². The Morgan fingerprint density at radius 2 is 2.03 bits per heavy atom. The first-order valence-electron chi connectivity index (χ1n) is 10.5. The number of carbonyl (C=O) groups excluding carboxylic acids is 1. The van der Waals surface area contributed by atoms with Crippen LogP contribution in [0.2, 0.25) is 5.02 Å². The monoisotopic (exact) mass is 441 g/mol. The molecule has 2 heterocycles. The van der Waals surface area contributed by atoms with Crippen LogP contribution < -0.4 is 5.32 Å². The average molecular weight is 442 g/mol. The number of benzene rings is 2. The number of piperidine rings is 1. The summed E-state index contributed by atoms with van der Waals surface area (Å²) in [6, 6.07) is 13.9. The Labute approximate surface area is 186 Å². The molecule has 1 N–H and O–H groups in total. The molecule has 1 amide bonds. The first-order valence-corrected chi connectivity index (χ1v) is 10.8. The van der Waals surface area contributed by atoms with Crippen LogP contribution in [0.15, 0.2) is 52.9 Å². The Hall–Kier alpha value is -2.70. The zero-order chi connectivity index (χ0) is 21.8. The van der Waals surface area contributed by atoms with E-state index in [9.17, 15) is 9.18 Å². The van der Waals surface area contributed by atoms with E-state index < -0.39 is 0 Å². The molecule has 1 saturated heterocycles. The lowest BCUT2D eigenvalue weighted by Gasteiger charge is -2.31. The van der Waals surface area contributed by atoms with Gasteiger partial charge in [-0.1, -0.05) is 35.9 Å². The van der Waals surface area contributed by atoms with Crippen molar-refractivity contribution >= 4 is 17.5 Å². The molecule has 0 spiro atoms. The van der Waals surface area contributed by atoms with Crippen LogP contribution in [-0.4, -0.2) is 28.9 Å². The number of carbonyl (C=O) groups is 1. The van der Waals surface area contributed by atoms with Gasteiger partial charge in [0.05, 0.1) is 17.2 Å². The van der Waals surface area contributed by atoms with E-state index in [1.165, 1.54) is 6.07 Å². The number of aromatic nitrogens is 1. The Morgan fingerprint density at radius 1 is 1.26 bits per heavy atom. The number of hydrogen-bond donors (Lipinski definition) is 1. The number of rotatable bonds is 6. The normalized spacial score (nSPS) is 16.9. The van der Waals surface area contributed by atoms with Crippen molar-refractivity contribution < 1.29 is 13.6 Å². The Morgan fingerprint density at radius 3 is 2.81 bits per heavy atom. The second-order valence-corrected chi connectivity index (χ2v) is 8.36. The summed E-state index contributed by atoms with van der Waals surface area (Å²) in [5, 5.41) is 3.71. The van der Waals surface area contributed by atoms with Crippen LogP contribution in [0.3, 0.4) is 0 Å². The summed E-state index contributed by atoms with van der Waals surface area (Å²) in [4.78, 5) is 19.4. The fraction of sp³-hybridized carbons (Fsp3) is 0.333. The Balaban J connectivity index is 1.36. The van der Waals surface area contributed by atoms with Crippen LogP contribution in [0.1, 0.15) is 29.9 Å². The SMILES string of the molecule is Cc1oc(-c2ccccc2F)nc1CN1CCCC(C(=O)NCc2ccc(Cl)cc2)C1. The number of likely N-dealkylation sites (tertiary alicyclic amines) is 1. The lowest BCUT2D eigenvalue weighted by molar-refractivity contribution is -0.127. The van der Waals surface area contributed by atoms with Crippen molar-refractivity contribution in [2.24, 2.45) is 5.92 Å².